The molecule has 0 N–H and O–H groups in total. The van der Waals surface area contributed by atoms with E-state index in [1.807, 2.05) is 30.1 Å². The van der Waals surface area contributed by atoms with Crippen LogP contribution in [0.15, 0.2) is 47.8 Å². The van der Waals surface area contributed by atoms with E-state index in [2.05, 4.69) is 34.5 Å². The van der Waals surface area contributed by atoms with Gasteiger partial charge in [0.25, 0.3) is 0 Å². The topological polar surface area (TPSA) is 42.0 Å². The molecule has 0 spiro atoms. The van der Waals surface area contributed by atoms with Crippen LogP contribution in [0.1, 0.15) is 30.0 Å². The third-order valence-electron chi connectivity index (χ3n) is 5.77. The van der Waals surface area contributed by atoms with Crippen molar-refractivity contribution >= 4 is 27.3 Å². The Labute approximate surface area is 181 Å². The molecule has 0 bridgehead atoms. The highest BCUT2D eigenvalue weighted by atomic mass is 32.1. The van der Waals surface area contributed by atoms with Crippen LogP contribution >= 0.6 is 11.3 Å². The molecule has 2 aromatic carbocycles. The lowest BCUT2D eigenvalue weighted by molar-refractivity contribution is -0.133. The van der Waals surface area contributed by atoms with Crippen molar-refractivity contribution in [3.05, 3.63) is 59.0 Å². The van der Waals surface area contributed by atoms with Gasteiger partial charge < -0.3 is 14.4 Å². The van der Waals surface area contributed by atoms with E-state index in [1.165, 1.54) is 15.6 Å². The standard InChI is InChI=1S/C24H28N2O3S/c1-25(14-18-16-30-23-9-5-4-7-19(18)23)15-24(27)26-12-6-8-20(26)17-10-11-21(28-2)22(13-17)29-3/h4-5,7,9-11,13,16,20H,6,8,12,14-15H2,1-3H3. The number of hydrogen-bond acceptors (Lipinski definition) is 5. The molecule has 3 aromatic rings. The number of likely N-dealkylation sites (tertiary alicyclic amines) is 1. The predicted octanol–water partition coefficient (Wildman–Crippen LogP) is 4.71. The molecule has 0 aliphatic carbocycles. The summed E-state index contributed by atoms with van der Waals surface area (Å²) in [5, 5.41) is 3.49. The van der Waals surface area contributed by atoms with Crippen LogP contribution in [0, 0.1) is 0 Å². The van der Waals surface area contributed by atoms with Gasteiger partial charge in [-0.2, -0.15) is 0 Å². The van der Waals surface area contributed by atoms with Gasteiger partial charge in [-0.15, -0.1) is 11.3 Å². The first-order chi connectivity index (χ1) is 14.6. The van der Waals surface area contributed by atoms with Crippen molar-refractivity contribution in [1.82, 2.24) is 9.80 Å². The highest BCUT2D eigenvalue weighted by Gasteiger charge is 2.31. The van der Waals surface area contributed by atoms with Crippen LogP contribution in [0.5, 0.6) is 11.5 Å². The summed E-state index contributed by atoms with van der Waals surface area (Å²) in [6.45, 7) is 1.98. The maximum absolute atomic E-state index is 13.1. The summed E-state index contributed by atoms with van der Waals surface area (Å²) in [7, 11) is 5.30. The van der Waals surface area contributed by atoms with Crippen molar-refractivity contribution in [3.63, 3.8) is 0 Å². The monoisotopic (exact) mass is 424 g/mol. The van der Waals surface area contributed by atoms with Crippen LogP contribution < -0.4 is 9.47 Å². The van der Waals surface area contributed by atoms with Crippen LogP contribution in [0.2, 0.25) is 0 Å². The molecule has 1 amide bonds. The smallest absolute Gasteiger partial charge is 0.237 e. The average molecular weight is 425 g/mol. The Kier molecular flexibility index (Phi) is 6.25. The summed E-state index contributed by atoms with van der Waals surface area (Å²) >= 11 is 1.76. The van der Waals surface area contributed by atoms with Gasteiger partial charge in [0.05, 0.1) is 26.8 Å². The van der Waals surface area contributed by atoms with E-state index in [4.69, 9.17) is 9.47 Å². The molecule has 1 aliphatic rings. The molecule has 1 saturated heterocycles. The van der Waals surface area contributed by atoms with Crippen molar-refractivity contribution in [2.24, 2.45) is 0 Å². The van der Waals surface area contributed by atoms with Crippen molar-refractivity contribution in [2.45, 2.75) is 25.4 Å². The maximum atomic E-state index is 13.1. The summed E-state index contributed by atoms with van der Waals surface area (Å²) in [6, 6.07) is 14.5. The van der Waals surface area contributed by atoms with Crippen LogP contribution in [0.3, 0.4) is 0 Å². The normalized spacial score (nSPS) is 16.4. The van der Waals surface area contributed by atoms with E-state index in [9.17, 15) is 4.79 Å². The number of thiophene rings is 1. The number of hydrogen-bond donors (Lipinski definition) is 0. The third kappa shape index (κ3) is 4.16. The first-order valence-corrected chi connectivity index (χ1v) is 11.1. The molecule has 0 radical (unpaired) electrons. The maximum Gasteiger partial charge on any atom is 0.237 e. The predicted molar refractivity (Wildman–Crippen MR) is 121 cm³/mol. The minimum Gasteiger partial charge on any atom is -0.493 e. The lowest BCUT2D eigenvalue weighted by Crippen LogP contribution is -2.38. The van der Waals surface area contributed by atoms with Crippen molar-refractivity contribution in [2.75, 3.05) is 34.4 Å². The number of carbonyl (C=O) groups is 1. The van der Waals surface area contributed by atoms with Gasteiger partial charge in [0.2, 0.25) is 5.91 Å². The summed E-state index contributed by atoms with van der Waals surface area (Å²) in [6.07, 6.45) is 1.99. The van der Waals surface area contributed by atoms with Crippen molar-refractivity contribution in [1.29, 1.82) is 0 Å². The fraction of sp³-hybridized carbons (Fsp3) is 0.375. The second kappa shape index (κ2) is 9.06. The fourth-order valence-electron chi connectivity index (χ4n) is 4.30. The Morgan fingerprint density at radius 3 is 2.77 bits per heavy atom. The number of rotatable bonds is 7. The zero-order valence-electron chi connectivity index (χ0n) is 17.8. The van der Waals surface area contributed by atoms with E-state index >= 15 is 0 Å². The number of benzene rings is 2. The molecule has 4 rings (SSSR count). The first-order valence-electron chi connectivity index (χ1n) is 10.3. The van der Waals surface area contributed by atoms with Gasteiger partial charge in [-0.05, 0) is 60.0 Å². The van der Waals surface area contributed by atoms with Crippen LogP contribution in [0.25, 0.3) is 10.1 Å². The third-order valence-corrected chi connectivity index (χ3v) is 6.78. The van der Waals surface area contributed by atoms with E-state index in [-0.39, 0.29) is 11.9 Å². The van der Waals surface area contributed by atoms with Crippen molar-refractivity contribution in [3.8, 4) is 11.5 Å². The zero-order valence-corrected chi connectivity index (χ0v) is 18.6. The van der Waals surface area contributed by atoms with E-state index in [0.717, 1.165) is 31.5 Å². The Morgan fingerprint density at radius 1 is 1.17 bits per heavy atom. The Bertz CT molecular complexity index is 1030. The molecule has 6 heteroatoms. The number of amides is 1. The molecular weight excluding hydrogens is 396 g/mol. The minimum absolute atomic E-state index is 0.0904. The molecule has 1 atom stereocenters. The fourth-order valence-corrected chi connectivity index (χ4v) is 5.25. The molecule has 1 fully saturated rings. The van der Waals surface area contributed by atoms with Crippen LogP contribution in [-0.2, 0) is 11.3 Å². The average Bonchev–Trinajstić information content (AvgIpc) is 3.41. The summed E-state index contributed by atoms with van der Waals surface area (Å²) in [5.74, 6) is 1.59. The summed E-state index contributed by atoms with van der Waals surface area (Å²) < 4.78 is 12.1. The number of fused-ring (bicyclic) bond motifs is 1. The highest BCUT2D eigenvalue weighted by Crippen LogP contribution is 2.37. The van der Waals surface area contributed by atoms with E-state index < -0.39 is 0 Å². The molecular formula is C24H28N2O3S. The number of nitrogens with zero attached hydrogens (tertiary/aromatic N) is 2. The van der Waals surface area contributed by atoms with Crippen LogP contribution in [-0.4, -0.2) is 50.1 Å². The molecule has 5 nitrogen and oxygen atoms in total. The van der Waals surface area contributed by atoms with Crippen LogP contribution in [0.4, 0.5) is 0 Å². The molecule has 0 saturated carbocycles. The van der Waals surface area contributed by atoms with Crippen molar-refractivity contribution < 1.29 is 14.3 Å². The largest absolute Gasteiger partial charge is 0.493 e. The Morgan fingerprint density at radius 2 is 1.97 bits per heavy atom. The highest BCUT2D eigenvalue weighted by molar-refractivity contribution is 7.17. The number of carbonyl (C=O) groups excluding carboxylic acids is 1. The number of likely N-dealkylation sites (N-methyl/N-ethyl adjacent to an activating group) is 1. The minimum atomic E-state index is 0.0904. The van der Waals surface area contributed by atoms with E-state index in [1.54, 1.807) is 25.6 Å². The Hall–Kier alpha value is -2.57. The molecule has 30 heavy (non-hydrogen) atoms. The summed E-state index contributed by atoms with van der Waals surface area (Å²) in [4.78, 5) is 17.3. The first kappa shape index (κ1) is 20.7. The quantitative estimate of drug-likeness (QED) is 0.551. The van der Waals surface area contributed by atoms with Gasteiger partial charge in [-0.1, -0.05) is 24.3 Å². The number of methoxy groups -OCH3 is 2. The van der Waals surface area contributed by atoms with Gasteiger partial charge in [0.15, 0.2) is 11.5 Å². The molecule has 158 valence electrons. The molecule has 2 heterocycles. The van der Waals surface area contributed by atoms with Gasteiger partial charge in [-0.25, -0.2) is 0 Å². The molecule has 1 aliphatic heterocycles. The Balaban J connectivity index is 1.44. The van der Waals surface area contributed by atoms with Gasteiger partial charge in [-0.3, -0.25) is 9.69 Å². The molecule has 1 aromatic heterocycles. The number of ether oxygens (including phenoxy) is 2. The second-order valence-corrected chi connectivity index (χ2v) is 8.70. The van der Waals surface area contributed by atoms with Gasteiger partial charge >= 0.3 is 0 Å². The zero-order chi connectivity index (χ0) is 21.1. The van der Waals surface area contributed by atoms with Gasteiger partial charge in [0.1, 0.15) is 0 Å². The van der Waals surface area contributed by atoms with Gasteiger partial charge in [0, 0.05) is 17.8 Å². The second-order valence-electron chi connectivity index (χ2n) is 7.79. The lowest BCUT2D eigenvalue weighted by atomic mass is 10.0. The SMILES string of the molecule is COc1ccc(C2CCCN2C(=O)CN(C)Cc2csc3ccccc23)cc1OC. The molecule has 1 unspecified atom stereocenters. The lowest BCUT2D eigenvalue weighted by Gasteiger charge is -2.28. The summed E-state index contributed by atoms with van der Waals surface area (Å²) in [5.41, 5.74) is 2.38. The van der Waals surface area contributed by atoms with E-state index in [0.29, 0.717) is 18.0 Å².